The van der Waals surface area contributed by atoms with Crippen LogP contribution < -0.4 is 10.6 Å². The molecule has 3 N–H and O–H groups in total. The molecule has 1 saturated heterocycles. The molecule has 0 saturated carbocycles. The highest BCUT2D eigenvalue weighted by atomic mass is 35.5. The lowest BCUT2D eigenvalue weighted by Gasteiger charge is -2.42. The number of anilines is 1. The predicted octanol–water partition coefficient (Wildman–Crippen LogP) is 3.77. The first-order chi connectivity index (χ1) is 15.4. The average molecular weight is 475 g/mol. The number of rotatable bonds is 6. The molecule has 1 aliphatic rings. The van der Waals surface area contributed by atoms with Gasteiger partial charge in [0.05, 0.1) is 28.0 Å². The summed E-state index contributed by atoms with van der Waals surface area (Å²) in [7, 11) is 2.02. The van der Waals surface area contributed by atoms with Crippen LogP contribution in [0.15, 0.2) is 30.6 Å². The van der Waals surface area contributed by atoms with Gasteiger partial charge in [0.1, 0.15) is 11.5 Å². The van der Waals surface area contributed by atoms with Crippen LogP contribution in [0, 0.1) is 12.3 Å². The summed E-state index contributed by atoms with van der Waals surface area (Å²) in [6.07, 6.45) is 6.49. The van der Waals surface area contributed by atoms with Crippen molar-refractivity contribution in [3.63, 3.8) is 0 Å². The van der Waals surface area contributed by atoms with Gasteiger partial charge in [0.15, 0.2) is 5.82 Å². The molecule has 0 atom stereocenters. The van der Waals surface area contributed by atoms with Crippen molar-refractivity contribution >= 4 is 29.0 Å². The summed E-state index contributed by atoms with van der Waals surface area (Å²) >= 11 is 12.6. The maximum atomic E-state index is 10.1. The minimum absolute atomic E-state index is 0.00567. The van der Waals surface area contributed by atoms with E-state index in [2.05, 4.69) is 14.5 Å². The molecule has 0 bridgehead atoms. The lowest BCUT2D eigenvalue weighted by Crippen LogP contribution is -2.46. The minimum Gasteiger partial charge on any atom is -0.390 e. The quantitative estimate of drug-likeness (QED) is 0.564. The number of nitrogens with zero attached hydrogens (tertiary/aromatic N) is 5. The molecule has 2 aromatic heterocycles. The van der Waals surface area contributed by atoms with Crippen LogP contribution in [0.3, 0.4) is 0 Å². The van der Waals surface area contributed by atoms with Crippen molar-refractivity contribution in [2.24, 2.45) is 18.2 Å². The molecule has 32 heavy (non-hydrogen) atoms. The molecule has 0 spiro atoms. The lowest BCUT2D eigenvalue weighted by molar-refractivity contribution is 0.218. The first-order valence-corrected chi connectivity index (χ1v) is 11.5. The molecule has 3 heterocycles. The van der Waals surface area contributed by atoms with Crippen molar-refractivity contribution in [1.29, 1.82) is 0 Å². The summed E-state index contributed by atoms with van der Waals surface area (Å²) in [6, 6.07) is 5.43. The number of nitrogens with two attached hydrogens (primary N) is 1. The second-order valence-electron chi connectivity index (χ2n) is 8.51. The summed E-state index contributed by atoms with van der Waals surface area (Å²) < 4.78 is 2.06. The van der Waals surface area contributed by atoms with Gasteiger partial charge in [-0.05, 0) is 37.8 Å². The number of benzene rings is 1. The Hall–Kier alpha value is -2.19. The van der Waals surface area contributed by atoms with Gasteiger partial charge >= 0.3 is 0 Å². The van der Waals surface area contributed by atoms with Gasteiger partial charge in [0.25, 0.3) is 0 Å². The molecule has 0 radical (unpaired) electrons. The Bertz CT molecular complexity index is 1110. The van der Waals surface area contributed by atoms with E-state index in [1.54, 1.807) is 6.07 Å². The van der Waals surface area contributed by atoms with Gasteiger partial charge in [-0.1, -0.05) is 35.3 Å². The molecule has 0 unspecified atom stereocenters. The Morgan fingerprint density at radius 3 is 2.56 bits per heavy atom. The third-order valence-electron chi connectivity index (χ3n) is 6.49. The van der Waals surface area contributed by atoms with E-state index in [1.807, 2.05) is 38.5 Å². The summed E-state index contributed by atoms with van der Waals surface area (Å²) in [4.78, 5) is 16.2. The van der Waals surface area contributed by atoms with Crippen LogP contribution in [0.5, 0.6) is 0 Å². The van der Waals surface area contributed by atoms with Gasteiger partial charge < -0.3 is 20.3 Å². The van der Waals surface area contributed by atoms with E-state index in [1.165, 1.54) is 0 Å². The van der Waals surface area contributed by atoms with Gasteiger partial charge in [-0.2, -0.15) is 0 Å². The van der Waals surface area contributed by atoms with Crippen molar-refractivity contribution in [1.82, 2.24) is 19.5 Å². The van der Waals surface area contributed by atoms with Crippen molar-refractivity contribution in [3.05, 3.63) is 57.9 Å². The third kappa shape index (κ3) is 4.35. The largest absolute Gasteiger partial charge is 0.390 e. The summed E-state index contributed by atoms with van der Waals surface area (Å²) in [6.45, 7) is 3.89. The van der Waals surface area contributed by atoms with Crippen molar-refractivity contribution in [2.75, 3.05) is 24.5 Å². The molecule has 1 fully saturated rings. The maximum absolute atomic E-state index is 10.1. The zero-order valence-electron chi connectivity index (χ0n) is 18.4. The van der Waals surface area contributed by atoms with Crippen LogP contribution >= 0.6 is 23.2 Å². The fourth-order valence-electron chi connectivity index (χ4n) is 4.39. The fraction of sp³-hybridized carbons (Fsp3) is 0.435. The van der Waals surface area contributed by atoms with Crippen molar-refractivity contribution in [2.45, 2.75) is 32.8 Å². The molecular formula is C23H28Cl2N6O. The van der Waals surface area contributed by atoms with Crippen molar-refractivity contribution < 1.29 is 5.11 Å². The number of hydrogen-bond donors (Lipinski definition) is 2. The lowest BCUT2D eigenvalue weighted by atomic mass is 9.75. The maximum Gasteiger partial charge on any atom is 0.153 e. The van der Waals surface area contributed by atoms with Crippen LogP contribution in [-0.2, 0) is 20.1 Å². The second kappa shape index (κ2) is 9.35. The van der Waals surface area contributed by atoms with Crippen LogP contribution in [0.2, 0.25) is 10.0 Å². The van der Waals surface area contributed by atoms with Crippen LogP contribution in [0.25, 0.3) is 11.3 Å². The molecule has 0 aliphatic carbocycles. The number of aromatic nitrogens is 4. The molecule has 170 valence electrons. The van der Waals surface area contributed by atoms with Gasteiger partial charge in [-0.25, -0.2) is 15.0 Å². The fourth-order valence-corrected chi connectivity index (χ4v) is 4.78. The molecule has 7 nitrogen and oxygen atoms in total. The first kappa shape index (κ1) is 23.0. The highest BCUT2D eigenvalue weighted by Gasteiger charge is 2.36. The van der Waals surface area contributed by atoms with Gasteiger partial charge in [0, 0.05) is 44.5 Å². The molecule has 1 aromatic carbocycles. The van der Waals surface area contributed by atoms with E-state index < -0.39 is 0 Å². The van der Waals surface area contributed by atoms with E-state index >= 15 is 0 Å². The number of aliphatic hydroxyl groups is 1. The number of aliphatic hydroxyl groups excluding tert-OH is 1. The highest BCUT2D eigenvalue weighted by molar-refractivity contribution is 6.43. The normalized spacial score (nSPS) is 15.9. The minimum atomic E-state index is -0.209. The molecule has 9 heteroatoms. The Labute approximate surface area is 198 Å². The smallest absolute Gasteiger partial charge is 0.153 e. The van der Waals surface area contributed by atoms with Crippen molar-refractivity contribution in [3.8, 4) is 11.3 Å². The summed E-state index contributed by atoms with van der Waals surface area (Å²) in [5.74, 6) is 1.77. The summed E-state index contributed by atoms with van der Waals surface area (Å²) in [5, 5.41) is 11.0. The number of halogens is 2. The Morgan fingerprint density at radius 2 is 1.94 bits per heavy atom. The Morgan fingerprint density at radius 1 is 1.19 bits per heavy atom. The monoisotopic (exact) mass is 474 g/mol. The van der Waals surface area contributed by atoms with E-state index in [0.717, 1.165) is 49.7 Å². The van der Waals surface area contributed by atoms with Gasteiger partial charge in [-0.3, -0.25) is 0 Å². The number of aryl methyl sites for hydroxylation is 2. The van der Waals surface area contributed by atoms with E-state index in [-0.39, 0.29) is 12.0 Å². The number of piperidine rings is 1. The van der Waals surface area contributed by atoms with E-state index in [4.69, 9.17) is 38.9 Å². The van der Waals surface area contributed by atoms with E-state index in [0.29, 0.717) is 33.5 Å². The molecule has 3 aromatic rings. The van der Waals surface area contributed by atoms with E-state index in [9.17, 15) is 5.11 Å². The molecule has 1 aliphatic heterocycles. The Balaban J connectivity index is 1.59. The molecule has 0 amide bonds. The average Bonchev–Trinajstić information content (AvgIpc) is 3.20. The second-order valence-corrected chi connectivity index (χ2v) is 9.29. The number of hydrogen-bond acceptors (Lipinski definition) is 6. The topological polar surface area (TPSA) is 93.1 Å². The molecule has 4 rings (SSSR count). The highest BCUT2D eigenvalue weighted by Crippen LogP contribution is 2.38. The molecular weight excluding hydrogens is 447 g/mol. The van der Waals surface area contributed by atoms with Gasteiger partial charge in [0.2, 0.25) is 0 Å². The third-order valence-corrected chi connectivity index (χ3v) is 7.31. The van der Waals surface area contributed by atoms with Crippen LogP contribution in [-0.4, -0.2) is 44.3 Å². The van der Waals surface area contributed by atoms with Crippen LogP contribution in [0.1, 0.15) is 30.1 Å². The standard InChI is InChI=1S/C23H28Cl2N6O/c1-15-21(16-4-3-5-17(24)20(16)25)29-18(13-32)22(28-15)31-9-6-23(14-26,7-10-31)12-19-27-8-11-30(19)2/h3-5,8,11,32H,6-7,9-10,12-14,26H2,1-2H3. The van der Waals surface area contributed by atoms with Gasteiger partial charge in [-0.15, -0.1) is 0 Å². The first-order valence-electron chi connectivity index (χ1n) is 10.7. The van der Waals surface area contributed by atoms with Crippen LogP contribution in [0.4, 0.5) is 5.82 Å². The Kier molecular flexibility index (Phi) is 6.72. The SMILES string of the molecule is Cc1nc(N2CCC(CN)(Cc3nccn3C)CC2)c(CO)nc1-c1cccc(Cl)c1Cl. The zero-order chi connectivity index (χ0) is 22.9. The predicted molar refractivity (Wildman–Crippen MR) is 128 cm³/mol. The summed E-state index contributed by atoms with van der Waals surface area (Å²) in [5.41, 5.74) is 8.86. The zero-order valence-corrected chi connectivity index (χ0v) is 19.9. The number of imidazole rings is 1.